The van der Waals surface area contributed by atoms with Crippen LogP contribution in [0, 0.1) is 0 Å². The van der Waals surface area contributed by atoms with Gasteiger partial charge in [0.25, 0.3) is 5.88 Å². The number of halogens is 1. The van der Waals surface area contributed by atoms with Gasteiger partial charge in [-0.3, -0.25) is 4.40 Å². The van der Waals surface area contributed by atoms with Gasteiger partial charge in [-0.25, -0.2) is 9.97 Å². The van der Waals surface area contributed by atoms with E-state index in [1.807, 2.05) is 47.1 Å². The lowest BCUT2D eigenvalue weighted by Crippen LogP contribution is -1.94. The summed E-state index contributed by atoms with van der Waals surface area (Å²) < 4.78 is 8.48. The summed E-state index contributed by atoms with van der Waals surface area (Å²) in [5.41, 5.74) is 0.686. The highest BCUT2D eigenvalue weighted by molar-refractivity contribution is 9.10. The molecule has 4 aromatic rings. The molecule has 0 fully saturated rings. The van der Waals surface area contributed by atoms with E-state index >= 15 is 0 Å². The van der Waals surface area contributed by atoms with Gasteiger partial charge < -0.3 is 4.74 Å². The molecular formula is C16H10BrN3O. The molecule has 0 aliphatic rings. The Bertz CT molecular complexity index is 948. The van der Waals surface area contributed by atoms with E-state index in [4.69, 9.17) is 4.74 Å². The number of fused-ring (bicyclic) bond motifs is 2. The van der Waals surface area contributed by atoms with Crippen molar-refractivity contribution in [2.24, 2.45) is 0 Å². The second-order valence-corrected chi connectivity index (χ2v) is 5.45. The van der Waals surface area contributed by atoms with Crippen molar-refractivity contribution in [3.63, 3.8) is 0 Å². The fraction of sp³-hybridized carbons (Fsp3) is 0. The van der Waals surface area contributed by atoms with Gasteiger partial charge in [0.1, 0.15) is 10.4 Å². The molecule has 0 N–H and O–H groups in total. The molecule has 2 aromatic carbocycles. The number of hydrogen-bond acceptors (Lipinski definition) is 3. The van der Waals surface area contributed by atoms with Gasteiger partial charge >= 0.3 is 0 Å². The number of ether oxygens (including phenoxy) is 1. The Labute approximate surface area is 129 Å². The lowest BCUT2D eigenvalue weighted by Gasteiger charge is -2.07. The predicted octanol–water partition coefficient (Wildman–Crippen LogP) is 4.44. The number of aromatic nitrogens is 3. The van der Waals surface area contributed by atoms with E-state index in [1.54, 1.807) is 6.20 Å². The number of hydrogen-bond donors (Lipinski definition) is 0. The molecule has 2 aromatic heterocycles. The van der Waals surface area contributed by atoms with Gasteiger partial charge in [-0.05, 0) is 38.8 Å². The summed E-state index contributed by atoms with van der Waals surface area (Å²) in [5, 5.41) is 2.31. The fourth-order valence-electron chi connectivity index (χ4n) is 2.28. The van der Waals surface area contributed by atoms with E-state index in [2.05, 4.69) is 38.0 Å². The highest BCUT2D eigenvalue weighted by atomic mass is 79.9. The Morgan fingerprint density at radius 2 is 1.90 bits per heavy atom. The summed E-state index contributed by atoms with van der Waals surface area (Å²) in [6, 6.07) is 14.1. The van der Waals surface area contributed by atoms with Crippen molar-refractivity contribution in [2.45, 2.75) is 0 Å². The maximum atomic E-state index is 5.91. The highest BCUT2D eigenvalue weighted by Gasteiger charge is 2.09. The van der Waals surface area contributed by atoms with Crippen LogP contribution >= 0.6 is 15.9 Å². The van der Waals surface area contributed by atoms with Crippen LogP contribution < -0.4 is 4.74 Å². The number of rotatable bonds is 2. The molecule has 4 rings (SSSR count). The first-order chi connectivity index (χ1) is 10.3. The van der Waals surface area contributed by atoms with Gasteiger partial charge in [-0.15, -0.1) is 0 Å². The average Bonchev–Trinajstić information content (AvgIpc) is 2.95. The van der Waals surface area contributed by atoms with E-state index in [9.17, 15) is 0 Å². The monoisotopic (exact) mass is 339 g/mol. The van der Waals surface area contributed by atoms with E-state index in [-0.39, 0.29) is 0 Å². The maximum Gasteiger partial charge on any atom is 0.264 e. The summed E-state index contributed by atoms with van der Waals surface area (Å²) in [6.07, 6.45) is 5.42. The quantitative estimate of drug-likeness (QED) is 0.542. The third kappa shape index (κ3) is 2.25. The molecule has 0 amide bonds. The molecule has 102 valence electrons. The van der Waals surface area contributed by atoms with Crippen LogP contribution in [0.3, 0.4) is 0 Å². The molecule has 21 heavy (non-hydrogen) atoms. The molecule has 0 spiro atoms. The lowest BCUT2D eigenvalue weighted by molar-refractivity contribution is 0.464. The Morgan fingerprint density at radius 1 is 1.05 bits per heavy atom. The van der Waals surface area contributed by atoms with Gasteiger partial charge in [0.2, 0.25) is 5.65 Å². The van der Waals surface area contributed by atoms with Crippen LogP contribution in [0.4, 0.5) is 0 Å². The molecule has 0 saturated carbocycles. The molecule has 0 atom stereocenters. The first-order valence-corrected chi connectivity index (χ1v) is 7.25. The standard InChI is InChI=1S/C16H10BrN3O/c17-14-10-20-8-7-18-15(20)16(19-14)21-13-6-5-11-3-1-2-4-12(11)9-13/h1-10H. The first-order valence-electron chi connectivity index (χ1n) is 6.45. The van der Waals surface area contributed by atoms with E-state index < -0.39 is 0 Å². The Kier molecular flexibility index (Phi) is 2.86. The molecule has 4 nitrogen and oxygen atoms in total. The van der Waals surface area contributed by atoms with Crippen molar-refractivity contribution in [3.8, 4) is 11.6 Å². The molecular weight excluding hydrogens is 330 g/mol. The third-order valence-electron chi connectivity index (χ3n) is 3.25. The van der Waals surface area contributed by atoms with Gasteiger partial charge in [-0.2, -0.15) is 0 Å². The Hall–Kier alpha value is -2.40. The topological polar surface area (TPSA) is 39.4 Å². The van der Waals surface area contributed by atoms with Crippen molar-refractivity contribution in [1.82, 2.24) is 14.4 Å². The van der Waals surface area contributed by atoms with Crippen molar-refractivity contribution in [3.05, 3.63) is 65.7 Å². The summed E-state index contributed by atoms with van der Waals surface area (Å²) in [4.78, 5) is 8.63. The van der Waals surface area contributed by atoms with E-state index in [1.165, 1.54) is 5.39 Å². The van der Waals surface area contributed by atoms with Crippen LogP contribution in [-0.2, 0) is 0 Å². The zero-order valence-electron chi connectivity index (χ0n) is 10.9. The van der Waals surface area contributed by atoms with Crippen LogP contribution in [0.15, 0.2) is 65.7 Å². The summed E-state index contributed by atoms with van der Waals surface area (Å²) in [7, 11) is 0. The van der Waals surface area contributed by atoms with Crippen LogP contribution in [0.5, 0.6) is 11.6 Å². The third-order valence-corrected chi connectivity index (χ3v) is 3.63. The summed E-state index contributed by atoms with van der Waals surface area (Å²) in [6.45, 7) is 0. The molecule has 0 bridgehead atoms. The Morgan fingerprint density at radius 3 is 2.81 bits per heavy atom. The van der Waals surface area contributed by atoms with Gasteiger partial charge in [0.15, 0.2) is 0 Å². The van der Waals surface area contributed by atoms with Crippen LogP contribution in [0.2, 0.25) is 0 Å². The fourth-order valence-corrected chi connectivity index (χ4v) is 2.67. The lowest BCUT2D eigenvalue weighted by atomic mass is 10.1. The van der Waals surface area contributed by atoms with Crippen molar-refractivity contribution >= 4 is 32.3 Å². The zero-order chi connectivity index (χ0) is 14.2. The van der Waals surface area contributed by atoms with E-state index in [0.717, 1.165) is 11.1 Å². The summed E-state index contributed by atoms with van der Waals surface area (Å²) >= 11 is 3.38. The van der Waals surface area contributed by atoms with Crippen molar-refractivity contribution < 1.29 is 4.74 Å². The maximum absolute atomic E-state index is 5.91. The molecule has 0 aliphatic heterocycles. The molecule has 5 heteroatoms. The number of benzene rings is 2. The average molecular weight is 340 g/mol. The zero-order valence-corrected chi connectivity index (χ0v) is 12.5. The molecule has 0 aliphatic carbocycles. The second kappa shape index (κ2) is 4.86. The largest absolute Gasteiger partial charge is 0.436 e. The smallest absolute Gasteiger partial charge is 0.264 e. The molecule has 2 heterocycles. The minimum absolute atomic E-state index is 0.477. The van der Waals surface area contributed by atoms with Crippen molar-refractivity contribution in [2.75, 3.05) is 0 Å². The van der Waals surface area contributed by atoms with Crippen molar-refractivity contribution in [1.29, 1.82) is 0 Å². The Balaban J connectivity index is 1.80. The SMILES string of the molecule is Brc1cn2ccnc2c(Oc2ccc3ccccc3c2)n1. The number of nitrogens with zero attached hydrogens (tertiary/aromatic N) is 3. The predicted molar refractivity (Wildman–Crippen MR) is 84.7 cm³/mol. The van der Waals surface area contributed by atoms with Gasteiger partial charge in [0.05, 0.1) is 0 Å². The van der Waals surface area contributed by atoms with Crippen LogP contribution in [0.1, 0.15) is 0 Å². The van der Waals surface area contributed by atoms with Gasteiger partial charge in [-0.1, -0.05) is 30.3 Å². The van der Waals surface area contributed by atoms with E-state index in [0.29, 0.717) is 16.1 Å². The first kappa shape index (κ1) is 12.3. The second-order valence-electron chi connectivity index (χ2n) is 4.64. The normalized spacial score (nSPS) is 11.1. The minimum Gasteiger partial charge on any atom is -0.436 e. The summed E-state index contributed by atoms with van der Waals surface area (Å²) in [5.74, 6) is 1.22. The highest BCUT2D eigenvalue weighted by Crippen LogP contribution is 2.27. The molecule has 0 saturated heterocycles. The van der Waals surface area contributed by atoms with Crippen LogP contribution in [-0.4, -0.2) is 14.4 Å². The van der Waals surface area contributed by atoms with Gasteiger partial charge in [0, 0.05) is 18.6 Å². The van der Waals surface area contributed by atoms with Crippen LogP contribution in [0.25, 0.3) is 16.4 Å². The minimum atomic E-state index is 0.477. The molecule has 0 radical (unpaired) electrons. The number of imidazole rings is 1. The molecule has 0 unspecified atom stereocenters.